The van der Waals surface area contributed by atoms with Gasteiger partial charge in [0.15, 0.2) is 0 Å². The minimum Gasteiger partial charge on any atom is -0.457 e. The fraction of sp³-hybridized carbons (Fsp3) is 0.889. The van der Waals surface area contributed by atoms with Crippen LogP contribution in [0.25, 0.3) is 0 Å². The second-order valence-electron chi connectivity index (χ2n) is 2.85. The molecule has 0 aliphatic rings. The number of hydrogen-bond donors (Lipinski definition) is 0. The van der Waals surface area contributed by atoms with Crippen molar-refractivity contribution in [3.63, 3.8) is 0 Å². The maximum atomic E-state index is 10.3. The monoisotopic (exact) mass is 236 g/mol. The van der Waals surface area contributed by atoms with Crippen LogP contribution in [0.1, 0.15) is 45.4 Å². The molecule has 0 N–H and O–H groups in total. The lowest BCUT2D eigenvalue weighted by Crippen LogP contribution is -1.95. The molecule has 0 spiro atoms. The normalized spacial score (nSPS) is 9.83. The minimum absolute atomic E-state index is 0.351. The van der Waals surface area contributed by atoms with Gasteiger partial charge in [0.1, 0.15) is 0 Å². The maximum Gasteiger partial charge on any atom is 0.374 e. The summed E-state index contributed by atoms with van der Waals surface area (Å²) in [4.78, 5) is 9.92. The molecule has 0 aliphatic carbocycles. The quantitative estimate of drug-likeness (QED) is 0.496. The van der Waals surface area contributed by atoms with Gasteiger partial charge in [0.25, 0.3) is 0 Å². The molecular weight excluding hydrogens is 220 g/mol. The highest BCUT2D eigenvalue weighted by molar-refractivity contribution is 9.18. The third kappa shape index (κ3) is 9.95. The van der Waals surface area contributed by atoms with Crippen molar-refractivity contribution < 1.29 is 9.53 Å². The number of unbranched alkanes of at least 4 members (excludes halogenated alkanes) is 5. The van der Waals surface area contributed by atoms with Crippen LogP contribution in [0.4, 0.5) is 4.79 Å². The summed E-state index contributed by atoms with van der Waals surface area (Å²) in [5, 5.41) is 0. The average Bonchev–Trinajstić information content (AvgIpc) is 2.02. The Kier molecular flexibility index (Phi) is 9.00. The van der Waals surface area contributed by atoms with Crippen LogP contribution in [0.3, 0.4) is 0 Å². The number of carbonyl (C=O) groups is 1. The van der Waals surface area contributed by atoms with Crippen LogP contribution >= 0.6 is 15.9 Å². The molecule has 72 valence electrons. The van der Waals surface area contributed by atoms with Crippen molar-refractivity contribution in [1.82, 2.24) is 0 Å². The van der Waals surface area contributed by atoms with Crippen molar-refractivity contribution in [1.29, 1.82) is 0 Å². The Morgan fingerprint density at radius 3 is 2.33 bits per heavy atom. The summed E-state index contributed by atoms with van der Waals surface area (Å²) in [6, 6.07) is 0. The van der Waals surface area contributed by atoms with Gasteiger partial charge in [-0.2, -0.15) is 0 Å². The molecule has 0 atom stereocenters. The fourth-order valence-electron chi connectivity index (χ4n) is 1.03. The molecule has 0 rings (SSSR count). The maximum absolute atomic E-state index is 10.3. The predicted molar refractivity (Wildman–Crippen MR) is 53.7 cm³/mol. The van der Waals surface area contributed by atoms with Gasteiger partial charge in [0.05, 0.1) is 6.61 Å². The molecule has 0 saturated carbocycles. The van der Waals surface area contributed by atoms with Gasteiger partial charge in [-0.15, -0.1) is 0 Å². The topological polar surface area (TPSA) is 26.3 Å². The van der Waals surface area contributed by atoms with Crippen molar-refractivity contribution in [3.8, 4) is 0 Å². The molecule has 0 unspecified atom stereocenters. The summed E-state index contributed by atoms with van der Waals surface area (Å²) in [7, 11) is 0. The first kappa shape index (κ1) is 11.9. The lowest BCUT2D eigenvalue weighted by atomic mass is 10.1. The SMILES string of the molecule is CCCCCCCCOC(=O)Br. The molecule has 0 aromatic carbocycles. The molecule has 0 bridgehead atoms. The van der Waals surface area contributed by atoms with E-state index in [2.05, 4.69) is 22.9 Å². The van der Waals surface area contributed by atoms with Gasteiger partial charge >= 0.3 is 4.88 Å². The molecule has 0 saturated heterocycles. The van der Waals surface area contributed by atoms with E-state index in [0.29, 0.717) is 6.61 Å². The van der Waals surface area contributed by atoms with Gasteiger partial charge in [-0.1, -0.05) is 39.0 Å². The van der Waals surface area contributed by atoms with Crippen LogP contribution in [0.2, 0.25) is 0 Å². The Labute approximate surface area is 82.8 Å². The van der Waals surface area contributed by atoms with Crippen LogP contribution in [0, 0.1) is 0 Å². The zero-order valence-electron chi connectivity index (χ0n) is 7.64. The van der Waals surface area contributed by atoms with Crippen LogP contribution < -0.4 is 0 Å². The lowest BCUT2D eigenvalue weighted by molar-refractivity contribution is 0.174. The van der Waals surface area contributed by atoms with Gasteiger partial charge in [-0.25, -0.2) is 4.79 Å². The molecule has 2 nitrogen and oxygen atoms in total. The highest BCUT2D eigenvalue weighted by Gasteiger charge is 1.94. The largest absolute Gasteiger partial charge is 0.457 e. The van der Waals surface area contributed by atoms with Gasteiger partial charge < -0.3 is 4.74 Å². The summed E-state index contributed by atoms with van der Waals surface area (Å²) < 4.78 is 4.73. The Morgan fingerprint density at radius 2 is 1.75 bits per heavy atom. The molecule has 0 aliphatic heterocycles. The van der Waals surface area contributed by atoms with E-state index < -0.39 is 0 Å². The number of hydrogen-bond acceptors (Lipinski definition) is 2. The van der Waals surface area contributed by atoms with Crippen LogP contribution in [-0.2, 0) is 4.74 Å². The Hall–Kier alpha value is -0.0500. The summed E-state index contributed by atoms with van der Waals surface area (Å²) in [6.07, 6.45) is 7.31. The average molecular weight is 237 g/mol. The first-order valence-electron chi connectivity index (χ1n) is 4.59. The van der Waals surface area contributed by atoms with Crippen molar-refractivity contribution in [2.75, 3.05) is 6.61 Å². The predicted octanol–water partition coefficient (Wildman–Crippen LogP) is 3.88. The van der Waals surface area contributed by atoms with Gasteiger partial charge in [-0.3, -0.25) is 0 Å². The standard InChI is InChI=1S/C9H17BrO2/c1-2-3-4-5-6-7-8-12-9(10)11/h2-8H2,1H3. The smallest absolute Gasteiger partial charge is 0.374 e. The van der Waals surface area contributed by atoms with Crippen LogP contribution in [0.5, 0.6) is 0 Å². The first-order valence-corrected chi connectivity index (χ1v) is 5.39. The highest BCUT2D eigenvalue weighted by Crippen LogP contribution is 2.05. The molecule has 0 heterocycles. The first-order chi connectivity index (χ1) is 5.77. The van der Waals surface area contributed by atoms with Crippen molar-refractivity contribution in [2.24, 2.45) is 0 Å². The Morgan fingerprint density at radius 1 is 1.17 bits per heavy atom. The Balaban J connectivity index is 2.86. The van der Waals surface area contributed by atoms with E-state index in [4.69, 9.17) is 4.74 Å². The van der Waals surface area contributed by atoms with E-state index in [0.717, 1.165) is 6.42 Å². The van der Waals surface area contributed by atoms with Gasteiger partial charge in [0.2, 0.25) is 0 Å². The summed E-state index contributed by atoms with van der Waals surface area (Å²) in [5.41, 5.74) is 0. The van der Waals surface area contributed by atoms with Gasteiger partial charge in [-0.05, 0) is 6.42 Å². The zero-order chi connectivity index (χ0) is 9.23. The van der Waals surface area contributed by atoms with E-state index in [1.807, 2.05) is 0 Å². The van der Waals surface area contributed by atoms with E-state index in [1.165, 1.54) is 32.1 Å². The number of halogens is 1. The summed E-state index contributed by atoms with van der Waals surface area (Å²) in [5.74, 6) is 0. The van der Waals surface area contributed by atoms with Crippen molar-refractivity contribution in [3.05, 3.63) is 0 Å². The van der Waals surface area contributed by atoms with E-state index >= 15 is 0 Å². The fourth-order valence-corrected chi connectivity index (χ4v) is 1.20. The number of ether oxygens (including phenoxy) is 1. The summed E-state index contributed by atoms with van der Waals surface area (Å²) in [6.45, 7) is 2.75. The zero-order valence-corrected chi connectivity index (χ0v) is 9.23. The molecule has 0 aromatic heterocycles. The van der Waals surface area contributed by atoms with Crippen LogP contribution in [-0.4, -0.2) is 11.5 Å². The third-order valence-electron chi connectivity index (χ3n) is 1.71. The number of rotatable bonds is 7. The molecule has 0 aromatic rings. The van der Waals surface area contributed by atoms with E-state index in [-0.39, 0.29) is 4.88 Å². The molecule has 12 heavy (non-hydrogen) atoms. The highest BCUT2D eigenvalue weighted by atomic mass is 79.9. The Bertz CT molecular complexity index is 115. The second-order valence-corrected chi connectivity index (χ2v) is 3.50. The number of carbonyl (C=O) groups excluding carboxylic acids is 1. The summed E-state index contributed by atoms with van der Waals surface area (Å²) >= 11 is 2.71. The molecule has 3 heteroatoms. The third-order valence-corrected chi connectivity index (χ3v) is 1.94. The van der Waals surface area contributed by atoms with E-state index in [1.54, 1.807) is 0 Å². The molecular formula is C9H17BrO2. The van der Waals surface area contributed by atoms with Gasteiger partial charge in [0, 0.05) is 15.9 Å². The molecule has 0 radical (unpaired) electrons. The molecule has 0 amide bonds. The second kappa shape index (κ2) is 9.04. The minimum atomic E-state index is -0.351. The molecule has 0 fully saturated rings. The van der Waals surface area contributed by atoms with Crippen LogP contribution in [0.15, 0.2) is 0 Å². The van der Waals surface area contributed by atoms with Crippen molar-refractivity contribution in [2.45, 2.75) is 45.4 Å². The lowest BCUT2D eigenvalue weighted by Gasteiger charge is -2.00. The van der Waals surface area contributed by atoms with E-state index in [9.17, 15) is 4.79 Å². The van der Waals surface area contributed by atoms with Crippen molar-refractivity contribution >= 4 is 20.8 Å².